The van der Waals surface area contributed by atoms with Crippen LogP contribution in [0.3, 0.4) is 0 Å². The zero-order chi connectivity index (χ0) is 49.3. The van der Waals surface area contributed by atoms with Crippen LogP contribution in [0.25, 0.3) is 0 Å². The summed E-state index contributed by atoms with van der Waals surface area (Å²) in [6.45, 7) is 11.8. The van der Waals surface area contributed by atoms with Crippen molar-refractivity contribution in [2.75, 3.05) is 12.4 Å². The Morgan fingerprint density at radius 3 is 2.13 bits per heavy atom. The van der Waals surface area contributed by atoms with Crippen LogP contribution in [-0.2, 0) is 47.6 Å². The van der Waals surface area contributed by atoms with Crippen LogP contribution in [0, 0.1) is 16.7 Å². The van der Waals surface area contributed by atoms with E-state index in [9.17, 15) is 39.3 Å². The van der Waals surface area contributed by atoms with E-state index in [-0.39, 0.29) is 36.2 Å². The molecule has 6 rings (SSSR count). The molecule has 2 aromatic carbocycles. The van der Waals surface area contributed by atoms with Crippen LogP contribution in [0.15, 0.2) is 71.8 Å². The van der Waals surface area contributed by atoms with E-state index in [1.165, 1.54) is 26.0 Å². The number of rotatable bonds is 15. The minimum atomic E-state index is -2.40. The van der Waals surface area contributed by atoms with Crippen LogP contribution in [0.4, 0.5) is 4.79 Å². The smallest absolute Gasteiger partial charge is 0.408 e. The Labute approximate surface area is 396 Å². The largest absolute Gasteiger partial charge is 0.455 e. The summed E-state index contributed by atoms with van der Waals surface area (Å²) in [4.78, 5) is 84.6. The van der Waals surface area contributed by atoms with Gasteiger partial charge in [0.05, 0.1) is 29.6 Å². The fourth-order valence-corrected chi connectivity index (χ4v) is 10.8. The summed E-state index contributed by atoms with van der Waals surface area (Å²) in [7, 11) is 0. The van der Waals surface area contributed by atoms with Crippen molar-refractivity contribution in [1.82, 2.24) is 5.32 Å². The number of aliphatic hydroxyl groups excluding tert-OH is 2. The van der Waals surface area contributed by atoms with Crippen molar-refractivity contribution in [3.05, 3.63) is 82.9 Å². The lowest BCUT2D eigenvalue weighted by Crippen LogP contribution is -2.81. The van der Waals surface area contributed by atoms with Gasteiger partial charge in [-0.25, -0.2) is 14.4 Å². The molecule has 67 heavy (non-hydrogen) atoms. The molecule has 11 atom stereocenters. The van der Waals surface area contributed by atoms with E-state index in [1.807, 2.05) is 0 Å². The van der Waals surface area contributed by atoms with Crippen molar-refractivity contribution in [2.24, 2.45) is 16.7 Å². The molecule has 17 heteroatoms. The second kappa shape index (κ2) is 20.0. The minimum Gasteiger partial charge on any atom is -0.455 e. The monoisotopic (exact) mass is 951 g/mol. The Hall–Kier alpha value is -4.81. The normalized spacial score (nSPS) is 30.7. The van der Waals surface area contributed by atoms with Gasteiger partial charge in [0.25, 0.3) is 0 Å². The van der Waals surface area contributed by atoms with Crippen molar-refractivity contribution in [3.63, 3.8) is 0 Å². The molecule has 366 valence electrons. The van der Waals surface area contributed by atoms with Gasteiger partial charge >= 0.3 is 30.0 Å². The third kappa shape index (κ3) is 10.0. The molecule has 4 aliphatic rings. The zero-order valence-corrected chi connectivity index (χ0v) is 40.3. The number of aliphatic hydroxyl groups is 3. The number of nitrogens with one attached hydrogen (secondary N) is 1. The second-order valence-corrected chi connectivity index (χ2v) is 20.4. The summed E-state index contributed by atoms with van der Waals surface area (Å²) in [6.07, 6.45) is -8.81. The molecule has 1 saturated heterocycles. The van der Waals surface area contributed by atoms with Crippen molar-refractivity contribution in [1.29, 1.82) is 0 Å². The second-order valence-electron chi connectivity index (χ2n) is 19.9. The number of hydrogen-bond donors (Lipinski definition) is 5. The molecule has 3 fully saturated rings. The third-order valence-corrected chi connectivity index (χ3v) is 14.4. The number of carbonyl (C=O) groups is 6. The van der Waals surface area contributed by atoms with Crippen molar-refractivity contribution >= 4 is 48.4 Å². The van der Waals surface area contributed by atoms with Crippen LogP contribution in [0.1, 0.15) is 122 Å². The van der Waals surface area contributed by atoms with Crippen LogP contribution >= 0.6 is 12.6 Å². The summed E-state index contributed by atoms with van der Waals surface area (Å²) < 4.78 is 36.2. The Kier molecular flexibility index (Phi) is 15.4. The fourth-order valence-electron chi connectivity index (χ4n) is 10.6. The lowest BCUT2D eigenvalue weighted by atomic mass is 9.44. The van der Waals surface area contributed by atoms with Crippen LogP contribution in [0.5, 0.6) is 0 Å². The summed E-state index contributed by atoms with van der Waals surface area (Å²) in [5.41, 5.74) is -8.36. The topological polar surface area (TPSA) is 231 Å². The molecule has 16 nitrogen and oxygen atoms in total. The van der Waals surface area contributed by atoms with E-state index < -0.39 is 118 Å². The number of benzene rings is 2. The number of fused-ring (bicyclic) bond motifs is 5. The van der Waals surface area contributed by atoms with Crippen molar-refractivity contribution < 1.29 is 72.5 Å². The molecule has 0 unspecified atom stereocenters. The van der Waals surface area contributed by atoms with Gasteiger partial charge in [-0.2, -0.15) is 12.6 Å². The first-order valence-corrected chi connectivity index (χ1v) is 23.5. The van der Waals surface area contributed by atoms with Gasteiger partial charge < -0.3 is 49.1 Å². The Morgan fingerprint density at radius 1 is 0.925 bits per heavy atom. The highest BCUT2D eigenvalue weighted by Crippen LogP contribution is 2.64. The summed E-state index contributed by atoms with van der Waals surface area (Å²) in [6, 6.07) is 14.8. The standard InChI is InChI=1S/C50H65NO15S/c1-28-32(62-44(58)39(63-35(54)23-17-9-10-18-24-67)37(30-19-13-11-14-20-30)51-45(59)66-46(3,4)5)26-50(60)42(64-43(57)31-21-15-12-16-22-31)40-48(8,41(56)38(55)36(28)47(50,6)7)33(53)25-34-49(40,27-61-34)65-29(2)52/h11-16,19-22,32-34,37-40,42,53,55,60,67H,9-10,17-18,23-27H2,1-8H3,(H,51,59)/t32-,33-,34+,37-,38+,39+,40-,42-,48+,49-,50+/m0/s1. The fraction of sp³-hybridized carbons (Fsp3) is 0.600. The first kappa shape index (κ1) is 51.6. The molecule has 0 aromatic heterocycles. The molecule has 4 N–H and O–H groups in total. The lowest BCUT2D eigenvalue weighted by molar-refractivity contribution is -0.346. The molecule has 0 spiro atoms. The Bertz CT molecular complexity index is 2210. The predicted octanol–water partition coefficient (Wildman–Crippen LogP) is 5.69. The first-order valence-electron chi connectivity index (χ1n) is 22.9. The summed E-state index contributed by atoms with van der Waals surface area (Å²) in [5, 5.41) is 40.8. The van der Waals surface area contributed by atoms with Gasteiger partial charge in [-0.05, 0) is 82.1 Å². The number of amides is 1. The van der Waals surface area contributed by atoms with E-state index in [2.05, 4.69) is 17.9 Å². The molecule has 2 aromatic rings. The van der Waals surface area contributed by atoms with E-state index in [4.69, 9.17) is 28.4 Å². The molecule has 0 radical (unpaired) electrons. The molecule has 3 aliphatic carbocycles. The highest BCUT2D eigenvalue weighted by Gasteiger charge is 2.78. The number of Topliss-reactive ketones (excluding diaryl/α,β-unsaturated/α-hetero) is 1. The van der Waals surface area contributed by atoms with E-state index >= 15 is 4.79 Å². The van der Waals surface area contributed by atoms with Gasteiger partial charge in [-0.1, -0.05) is 75.2 Å². The zero-order valence-electron chi connectivity index (χ0n) is 39.4. The predicted molar refractivity (Wildman–Crippen MR) is 244 cm³/mol. The number of hydrogen-bond acceptors (Lipinski definition) is 16. The Balaban J connectivity index is 1.50. The SMILES string of the molecule is CC(=O)O[C@@]12CO[C@@H]1C[C@H](O)[C@@]1(C)C(=O)[C@H](O)C3=C(C)[C@@H](OC(=O)[C@H](OC(=O)CCCCCCS)[C@@H](NC(=O)OC(C)(C)C)c4ccccc4)C[C@@](O)([C@@H](OC(=O)c4ccccc4)[C@H]21)C3(C)C. The molecule has 1 heterocycles. The maximum atomic E-state index is 15.2. The first-order chi connectivity index (χ1) is 31.4. The van der Waals surface area contributed by atoms with E-state index in [1.54, 1.807) is 83.1 Å². The highest BCUT2D eigenvalue weighted by atomic mass is 32.1. The van der Waals surface area contributed by atoms with E-state index in [0.717, 1.165) is 19.8 Å². The van der Waals surface area contributed by atoms with Crippen LogP contribution in [0.2, 0.25) is 0 Å². The molecular weight excluding hydrogens is 887 g/mol. The average Bonchev–Trinajstić information content (AvgIpc) is 3.25. The highest BCUT2D eigenvalue weighted by molar-refractivity contribution is 7.80. The number of esters is 4. The van der Waals surface area contributed by atoms with Gasteiger partial charge in [0, 0.05) is 31.6 Å². The van der Waals surface area contributed by atoms with Gasteiger partial charge in [-0.15, -0.1) is 0 Å². The number of thiol groups is 1. The third-order valence-electron chi connectivity index (χ3n) is 14.1. The number of unbranched alkanes of at least 4 members (excludes halogenated alkanes) is 3. The quantitative estimate of drug-likeness (QED) is 0.0475. The summed E-state index contributed by atoms with van der Waals surface area (Å²) >= 11 is 4.25. The molecule has 2 bridgehead atoms. The molecular formula is C50H65NO15S. The lowest BCUT2D eigenvalue weighted by Gasteiger charge is -2.67. The minimum absolute atomic E-state index is 0.0693. The molecule has 1 amide bonds. The number of ketones is 1. The van der Waals surface area contributed by atoms with Gasteiger partial charge in [0.1, 0.15) is 41.7 Å². The van der Waals surface area contributed by atoms with Crippen LogP contribution in [-0.4, -0.2) is 117 Å². The number of ether oxygens (including phenoxy) is 6. The molecule has 1 aliphatic heterocycles. The van der Waals surface area contributed by atoms with Crippen molar-refractivity contribution in [3.8, 4) is 0 Å². The maximum Gasteiger partial charge on any atom is 0.408 e. The van der Waals surface area contributed by atoms with Crippen LogP contribution < -0.4 is 5.32 Å². The van der Waals surface area contributed by atoms with Gasteiger partial charge in [0.15, 0.2) is 11.4 Å². The van der Waals surface area contributed by atoms with Gasteiger partial charge in [-0.3, -0.25) is 14.4 Å². The molecule has 2 saturated carbocycles. The average molecular weight is 952 g/mol. The van der Waals surface area contributed by atoms with Crippen molar-refractivity contribution in [2.45, 2.75) is 160 Å². The van der Waals surface area contributed by atoms with E-state index in [0.29, 0.717) is 24.2 Å². The summed E-state index contributed by atoms with van der Waals surface area (Å²) in [5.74, 6) is -5.44. The Morgan fingerprint density at radius 2 is 1.55 bits per heavy atom. The van der Waals surface area contributed by atoms with Gasteiger partial charge in [0.2, 0.25) is 6.10 Å². The maximum absolute atomic E-state index is 15.2. The number of alkyl carbamates (subject to hydrolysis) is 1. The number of carbonyl (C=O) groups excluding carboxylic acids is 6.